The van der Waals surface area contributed by atoms with Crippen LogP contribution in [0.3, 0.4) is 0 Å². The lowest BCUT2D eigenvalue weighted by Crippen LogP contribution is -2.31. The first kappa shape index (κ1) is 18.0. The highest BCUT2D eigenvalue weighted by Crippen LogP contribution is 2.28. The van der Waals surface area contributed by atoms with Gasteiger partial charge in [-0.25, -0.2) is 0 Å². The molecule has 1 nitrogen and oxygen atoms in total. The van der Waals surface area contributed by atoms with Crippen molar-refractivity contribution in [3.8, 4) is 0 Å². The first-order valence-corrected chi connectivity index (χ1v) is 8.71. The Hall–Kier alpha value is -0.0500. The van der Waals surface area contributed by atoms with Crippen LogP contribution < -0.4 is 5.32 Å². The highest BCUT2D eigenvalue weighted by Gasteiger charge is 2.19. The summed E-state index contributed by atoms with van der Waals surface area (Å²) in [6, 6.07) is 6.38. The van der Waals surface area contributed by atoms with Crippen molar-refractivity contribution in [1.82, 2.24) is 5.32 Å². The maximum atomic E-state index is 6.31. The number of halogens is 2. The SMILES string of the molecule is CCCCCC(C)(C)CNC(C)c1ccc(Br)cc1Cl. The van der Waals surface area contributed by atoms with Crippen molar-refractivity contribution in [3.63, 3.8) is 0 Å². The molecule has 0 spiro atoms. The number of benzene rings is 1. The second-order valence-corrected chi connectivity index (χ2v) is 7.71. The van der Waals surface area contributed by atoms with Gasteiger partial charge in [0.25, 0.3) is 0 Å². The van der Waals surface area contributed by atoms with Gasteiger partial charge in [-0.15, -0.1) is 0 Å². The second kappa shape index (κ2) is 8.41. The van der Waals surface area contributed by atoms with E-state index in [9.17, 15) is 0 Å². The van der Waals surface area contributed by atoms with Gasteiger partial charge in [0, 0.05) is 22.1 Å². The van der Waals surface area contributed by atoms with Crippen LogP contribution in [-0.2, 0) is 0 Å². The minimum Gasteiger partial charge on any atom is -0.310 e. The van der Waals surface area contributed by atoms with Gasteiger partial charge in [0.1, 0.15) is 0 Å². The van der Waals surface area contributed by atoms with Gasteiger partial charge in [0.2, 0.25) is 0 Å². The third-order valence-corrected chi connectivity index (χ3v) is 4.59. The molecule has 0 saturated carbocycles. The van der Waals surface area contributed by atoms with Gasteiger partial charge in [-0.05, 0) is 36.5 Å². The summed E-state index contributed by atoms with van der Waals surface area (Å²) in [6.07, 6.45) is 5.21. The van der Waals surface area contributed by atoms with Gasteiger partial charge in [0.05, 0.1) is 0 Å². The molecular weight excluding hydrogens is 334 g/mol. The Bertz CT molecular complexity index is 417. The van der Waals surface area contributed by atoms with Gasteiger partial charge in [-0.3, -0.25) is 0 Å². The molecule has 0 bridgehead atoms. The lowest BCUT2D eigenvalue weighted by molar-refractivity contribution is 0.291. The molecule has 0 saturated heterocycles. The van der Waals surface area contributed by atoms with Gasteiger partial charge < -0.3 is 5.32 Å². The van der Waals surface area contributed by atoms with E-state index in [2.05, 4.69) is 55.0 Å². The van der Waals surface area contributed by atoms with Crippen LogP contribution in [0.4, 0.5) is 0 Å². The molecule has 0 heterocycles. The van der Waals surface area contributed by atoms with E-state index in [4.69, 9.17) is 11.6 Å². The fourth-order valence-electron chi connectivity index (χ4n) is 2.33. The Morgan fingerprint density at radius 2 is 2.00 bits per heavy atom. The van der Waals surface area contributed by atoms with Crippen molar-refractivity contribution in [2.45, 2.75) is 59.4 Å². The Labute approximate surface area is 137 Å². The number of rotatable bonds is 8. The van der Waals surface area contributed by atoms with Crippen molar-refractivity contribution in [1.29, 1.82) is 0 Å². The summed E-state index contributed by atoms with van der Waals surface area (Å²) in [5, 5.41) is 4.45. The minimum atomic E-state index is 0.279. The maximum Gasteiger partial charge on any atom is 0.0464 e. The number of hydrogen-bond acceptors (Lipinski definition) is 1. The van der Waals surface area contributed by atoms with E-state index in [0.717, 1.165) is 16.0 Å². The Balaban J connectivity index is 2.51. The van der Waals surface area contributed by atoms with Crippen LogP contribution >= 0.6 is 27.5 Å². The second-order valence-electron chi connectivity index (χ2n) is 6.39. The summed E-state index contributed by atoms with van der Waals surface area (Å²) in [7, 11) is 0. The summed E-state index contributed by atoms with van der Waals surface area (Å²) >= 11 is 9.75. The van der Waals surface area contributed by atoms with E-state index in [1.165, 1.54) is 31.2 Å². The molecule has 0 amide bonds. The van der Waals surface area contributed by atoms with Crippen LogP contribution in [0.25, 0.3) is 0 Å². The smallest absolute Gasteiger partial charge is 0.0464 e. The van der Waals surface area contributed by atoms with Crippen molar-refractivity contribution in [3.05, 3.63) is 33.3 Å². The van der Waals surface area contributed by atoms with Gasteiger partial charge in [-0.1, -0.05) is 73.6 Å². The maximum absolute atomic E-state index is 6.31. The molecule has 1 aromatic rings. The zero-order valence-electron chi connectivity index (χ0n) is 13.1. The molecule has 0 radical (unpaired) electrons. The Kier molecular flexibility index (Phi) is 7.57. The van der Waals surface area contributed by atoms with Crippen LogP contribution in [0.15, 0.2) is 22.7 Å². The monoisotopic (exact) mass is 359 g/mol. The minimum absolute atomic E-state index is 0.279. The van der Waals surface area contributed by atoms with E-state index < -0.39 is 0 Å². The summed E-state index contributed by atoms with van der Waals surface area (Å²) in [4.78, 5) is 0. The fourth-order valence-corrected chi connectivity index (χ4v) is 3.17. The average Bonchev–Trinajstić information content (AvgIpc) is 2.36. The zero-order chi connectivity index (χ0) is 15.2. The molecule has 0 fully saturated rings. The van der Waals surface area contributed by atoms with Gasteiger partial charge in [0.15, 0.2) is 0 Å². The largest absolute Gasteiger partial charge is 0.310 e. The summed E-state index contributed by atoms with van der Waals surface area (Å²) in [5.74, 6) is 0. The topological polar surface area (TPSA) is 12.0 Å². The Morgan fingerprint density at radius 1 is 1.30 bits per heavy atom. The molecule has 114 valence electrons. The number of hydrogen-bond donors (Lipinski definition) is 1. The predicted octanol–water partition coefficient (Wildman–Crippen LogP) is 6.36. The molecule has 0 aliphatic heterocycles. The third-order valence-electron chi connectivity index (χ3n) is 3.77. The first-order valence-electron chi connectivity index (χ1n) is 7.54. The van der Waals surface area contributed by atoms with E-state index in [-0.39, 0.29) is 6.04 Å². The molecule has 0 aromatic heterocycles. The quantitative estimate of drug-likeness (QED) is 0.532. The third kappa shape index (κ3) is 6.15. The molecular formula is C17H27BrClN. The summed E-state index contributed by atoms with van der Waals surface area (Å²) < 4.78 is 1.03. The predicted molar refractivity (Wildman–Crippen MR) is 93.5 cm³/mol. The molecule has 1 aromatic carbocycles. The average molecular weight is 361 g/mol. The van der Waals surface area contributed by atoms with Crippen molar-refractivity contribution in [2.24, 2.45) is 5.41 Å². The first-order chi connectivity index (χ1) is 9.35. The molecule has 1 atom stereocenters. The highest BCUT2D eigenvalue weighted by atomic mass is 79.9. The lowest BCUT2D eigenvalue weighted by atomic mass is 9.86. The van der Waals surface area contributed by atoms with Crippen LogP contribution in [0, 0.1) is 5.41 Å². The molecule has 0 aliphatic rings. The zero-order valence-corrected chi connectivity index (χ0v) is 15.4. The number of nitrogens with one attached hydrogen (secondary N) is 1. The molecule has 20 heavy (non-hydrogen) atoms. The molecule has 1 N–H and O–H groups in total. The van der Waals surface area contributed by atoms with Gasteiger partial charge in [-0.2, -0.15) is 0 Å². The normalized spacial score (nSPS) is 13.5. The van der Waals surface area contributed by atoms with Gasteiger partial charge >= 0.3 is 0 Å². The summed E-state index contributed by atoms with van der Waals surface area (Å²) in [6.45, 7) is 10.1. The highest BCUT2D eigenvalue weighted by molar-refractivity contribution is 9.10. The van der Waals surface area contributed by atoms with E-state index in [1.807, 2.05) is 12.1 Å². The molecule has 3 heteroatoms. The van der Waals surface area contributed by atoms with E-state index >= 15 is 0 Å². The van der Waals surface area contributed by atoms with E-state index in [1.54, 1.807) is 0 Å². The standard InChI is InChI=1S/C17H27BrClN/c1-5-6-7-10-17(3,4)12-20-13(2)15-9-8-14(18)11-16(15)19/h8-9,11,13,20H,5-7,10,12H2,1-4H3. The van der Waals surface area contributed by atoms with Crippen molar-refractivity contribution in [2.75, 3.05) is 6.54 Å². The molecule has 1 rings (SSSR count). The molecule has 0 aliphatic carbocycles. The Morgan fingerprint density at radius 3 is 2.60 bits per heavy atom. The fraction of sp³-hybridized carbons (Fsp3) is 0.647. The van der Waals surface area contributed by atoms with Crippen LogP contribution in [0.1, 0.15) is 65.0 Å². The number of unbranched alkanes of at least 4 members (excludes halogenated alkanes) is 2. The lowest BCUT2D eigenvalue weighted by Gasteiger charge is -2.27. The van der Waals surface area contributed by atoms with E-state index in [0.29, 0.717) is 5.41 Å². The molecule has 1 unspecified atom stereocenters. The van der Waals surface area contributed by atoms with Crippen LogP contribution in [0.2, 0.25) is 5.02 Å². The summed E-state index contributed by atoms with van der Waals surface area (Å²) in [5.41, 5.74) is 1.50. The van der Waals surface area contributed by atoms with Crippen LogP contribution in [0.5, 0.6) is 0 Å². The van der Waals surface area contributed by atoms with Crippen molar-refractivity contribution >= 4 is 27.5 Å². The van der Waals surface area contributed by atoms with Crippen LogP contribution in [-0.4, -0.2) is 6.54 Å². The van der Waals surface area contributed by atoms with Crippen molar-refractivity contribution < 1.29 is 0 Å².